The van der Waals surface area contributed by atoms with Gasteiger partial charge in [0.05, 0.1) is 0 Å². The summed E-state index contributed by atoms with van der Waals surface area (Å²) in [6.07, 6.45) is 6.92. The van der Waals surface area contributed by atoms with Crippen molar-refractivity contribution in [2.45, 2.75) is 25.7 Å². The van der Waals surface area contributed by atoms with Gasteiger partial charge in [-0.2, -0.15) is 12.6 Å². The fourth-order valence-electron chi connectivity index (χ4n) is 1.53. The summed E-state index contributed by atoms with van der Waals surface area (Å²) in [5, 5.41) is 8.54. The number of allylic oxidation sites excluding steroid dienone is 1. The molecular weight excluding hydrogens is 232 g/mol. The summed E-state index contributed by atoms with van der Waals surface area (Å²) in [6, 6.07) is 8.24. The molecule has 0 heterocycles. The van der Waals surface area contributed by atoms with Crippen LogP contribution in [0.5, 0.6) is 0 Å². The molecule has 0 aliphatic rings. The Morgan fingerprint density at radius 3 is 2.59 bits per heavy atom. The van der Waals surface area contributed by atoms with Crippen LogP contribution in [0.2, 0.25) is 0 Å². The average Bonchev–Trinajstić information content (AvgIpc) is 2.31. The van der Waals surface area contributed by atoms with Crippen LogP contribution in [-0.2, 0) is 11.2 Å². The van der Waals surface area contributed by atoms with Crippen LogP contribution in [0.1, 0.15) is 30.4 Å². The minimum atomic E-state index is -0.726. The predicted molar refractivity (Wildman–Crippen MR) is 74.5 cm³/mol. The van der Waals surface area contributed by atoms with E-state index in [2.05, 4.69) is 49.0 Å². The molecule has 0 radical (unpaired) electrons. The molecule has 0 aliphatic heterocycles. The lowest BCUT2D eigenvalue weighted by molar-refractivity contribution is -0.137. The number of benzene rings is 1. The van der Waals surface area contributed by atoms with E-state index < -0.39 is 5.97 Å². The summed E-state index contributed by atoms with van der Waals surface area (Å²) in [5.74, 6) is 0.139. The minimum Gasteiger partial charge on any atom is -0.481 e. The lowest BCUT2D eigenvalue weighted by Gasteiger charge is -2.00. The topological polar surface area (TPSA) is 37.3 Å². The number of aryl methyl sites for hydroxylation is 1. The number of thiol groups is 1. The van der Waals surface area contributed by atoms with Crippen LogP contribution in [0.3, 0.4) is 0 Å². The van der Waals surface area contributed by atoms with Crippen molar-refractivity contribution in [3.8, 4) is 0 Å². The molecule has 2 nitrogen and oxygen atoms in total. The lowest BCUT2D eigenvalue weighted by atomic mass is 10.1. The zero-order valence-electron chi connectivity index (χ0n) is 9.80. The van der Waals surface area contributed by atoms with Crippen LogP contribution in [-0.4, -0.2) is 16.8 Å². The molecule has 92 valence electrons. The van der Waals surface area contributed by atoms with E-state index in [4.69, 9.17) is 5.11 Å². The van der Waals surface area contributed by atoms with E-state index in [1.54, 1.807) is 0 Å². The van der Waals surface area contributed by atoms with Gasteiger partial charge in [0.15, 0.2) is 0 Å². The Balaban J connectivity index is 2.41. The second-order valence-electron chi connectivity index (χ2n) is 3.90. The van der Waals surface area contributed by atoms with Gasteiger partial charge in [0.2, 0.25) is 0 Å². The van der Waals surface area contributed by atoms with Crippen molar-refractivity contribution in [2.24, 2.45) is 0 Å². The van der Waals surface area contributed by atoms with Crippen LogP contribution in [0.4, 0.5) is 0 Å². The van der Waals surface area contributed by atoms with Gasteiger partial charge in [-0.05, 0) is 36.1 Å². The van der Waals surface area contributed by atoms with Gasteiger partial charge in [0.1, 0.15) is 0 Å². The van der Waals surface area contributed by atoms with Gasteiger partial charge in [-0.15, -0.1) is 0 Å². The predicted octanol–water partition coefficient (Wildman–Crippen LogP) is 3.43. The normalized spacial score (nSPS) is 10.9. The maximum absolute atomic E-state index is 10.4. The van der Waals surface area contributed by atoms with Crippen molar-refractivity contribution in [1.29, 1.82) is 0 Å². The highest BCUT2D eigenvalue weighted by Crippen LogP contribution is 2.09. The van der Waals surface area contributed by atoms with Gasteiger partial charge in [0.25, 0.3) is 0 Å². The third-order valence-electron chi connectivity index (χ3n) is 2.44. The Morgan fingerprint density at radius 2 is 2.00 bits per heavy atom. The summed E-state index contributed by atoms with van der Waals surface area (Å²) in [4.78, 5) is 10.4. The van der Waals surface area contributed by atoms with Crippen LogP contribution < -0.4 is 0 Å². The molecule has 0 bridgehead atoms. The van der Waals surface area contributed by atoms with Gasteiger partial charge in [-0.25, -0.2) is 0 Å². The van der Waals surface area contributed by atoms with E-state index in [-0.39, 0.29) is 6.42 Å². The van der Waals surface area contributed by atoms with Crippen molar-refractivity contribution < 1.29 is 9.90 Å². The zero-order chi connectivity index (χ0) is 12.5. The fraction of sp³-hybridized carbons (Fsp3) is 0.357. The highest BCUT2D eigenvalue weighted by atomic mass is 32.1. The molecule has 0 saturated carbocycles. The van der Waals surface area contributed by atoms with Crippen molar-refractivity contribution in [1.82, 2.24) is 0 Å². The molecule has 0 fully saturated rings. The lowest BCUT2D eigenvalue weighted by Crippen LogP contribution is -1.95. The molecular formula is C14H18O2S. The third-order valence-corrected chi connectivity index (χ3v) is 2.70. The Bertz CT molecular complexity index is 368. The van der Waals surface area contributed by atoms with E-state index >= 15 is 0 Å². The molecule has 0 unspecified atom stereocenters. The summed E-state index contributed by atoms with van der Waals surface area (Å²) < 4.78 is 0. The number of rotatable bonds is 7. The van der Waals surface area contributed by atoms with Gasteiger partial charge < -0.3 is 5.11 Å². The summed E-state index contributed by atoms with van der Waals surface area (Å²) in [6.45, 7) is 0. The Labute approximate surface area is 108 Å². The van der Waals surface area contributed by atoms with Gasteiger partial charge in [0, 0.05) is 6.42 Å². The Hall–Kier alpha value is -1.22. The molecule has 0 amide bonds. The number of carbonyl (C=O) groups is 1. The maximum Gasteiger partial charge on any atom is 0.303 e. The first-order valence-corrected chi connectivity index (χ1v) is 6.44. The quantitative estimate of drug-likeness (QED) is 0.727. The van der Waals surface area contributed by atoms with Crippen LogP contribution in [0.25, 0.3) is 6.08 Å². The van der Waals surface area contributed by atoms with Crippen molar-refractivity contribution >= 4 is 24.7 Å². The monoisotopic (exact) mass is 250 g/mol. The first-order valence-electron chi connectivity index (χ1n) is 5.80. The number of hydrogen-bond acceptors (Lipinski definition) is 2. The molecule has 0 aromatic heterocycles. The largest absolute Gasteiger partial charge is 0.481 e. The Morgan fingerprint density at radius 1 is 1.29 bits per heavy atom. The van der Waals surface area contributed by atoms with E-state index in [9.17, 15) is 4.79 Å². The molecule has 1 aromatic rings. The number of carboxylic acid groups (broad SMARTS) is 1. The summed E-state index contributed by atoms with van der Waals surface area (Å²) in [7, 11) is 0. The SMILES string of the molecule is O=C(O)CCCc1ccc(C=CCCS)cc1. The zero-order valence-corrected chi connectivity index (χ0v) is 10.7. The summed E-state index contributed by atoms with van der Waals surface area (Å²) >= 11 is 4.14. The Kier molecular flexibility index (Phi) is 6.48. The fourth-order valence-corrected chi connectivity index (χ4v) is 1.68. The minimum absolute atomic E-state index is 0.240. The van der Waals surface area contributed by atoms with E-state index in [0.29, 0.717) is 6.42 Å². The smallest absolute Gasteiger partial charge is 0.303 e. The van der Waals surface area contributed by atoms with E-state index in [1.807, 2.05) is 0 Å². The molecule has 3 heteroatoms. The molecule has 0 aliphatic carbocycles. The maximum atomic E-state index is 10.4. The first-order chi connectivity index (χ1) is 8.22. The summed E-state index contributed by atoms with van der Waals surface area (Å²) in [5.41, 5.74) is 2.37. The molecule has 0 atom stereocenters. The standard InChI is InChI=1S/C14H18O2S/c15-14(16)6-3-5-13-9-7-12(8-10-13)4-1-2-11-17/h1,4,7-10,17H,2-3,5-6,11H2,(H,15,16). The molecule has 0 spiro atoms. The highest BCUT2D eigenvalue weighted by molar-refractivity contribution is 7.80. The van der Waals surface area contributed by atoms with Crippen molar-refractivity contribution in [3.05, 3.63) is 41.5 Å². The van der Waals surface area contributed by atoms with Gasteiger partial charge >= 0.3 is 5.97 Å². The third kappa shape index (κ3) is 6.17. The average molecular weight is 250 g/mol. The van der Waals surface area contributed by atoms with Crippen molar-refractivity contribution in [3.63, 3.8) is 0 Å². The van der Waals surface area contributed by atoms with Gasteiger partial charge in [-0.3, -0.25) is 4.79 Å². The number of aliphatic carboxylic acids is 1. The first kappa shape index (κ1) is 13.8. The van der Waals surface area contributed by atoms with Crippen molar-refractivity contribution in [2.75, 3.05) is 5.75 Å². The van der Waals surface area contributed by atoms with E-state index in [0.717, 1.165) is 18.6 Å². The molecule has 1 rings (SSSR count). The highest BCUT2D eigenvalue weighted by Gasteiger charge is 1.98. The molecule has 17 heavy (non-hydrogen) atoms. The van der Waals surface area contributed by atoms with Gasteiger partial charge in [-0.1, -0.05) is 36.4 Å². The second-order valence-corrected chi connectivity index (χ2v) is 4.35. The molecule has 1 aromatic carbocycles. The van der Waals surface area contributed by atoms with E-state index in [1.165, 1.54) is 11.1 Å². The van der Waals surface area contributed by atoms with Crippen LogP contribution in [0.15, 0.2) is 30.3 Å². The second kappa shape index (κ2) is 7.96. The van der Waals surface area contributed by atoms with Crippen LogP contribution >= 0.6 is 12.6 Å². The van der Waals surface area contributed by atoms with Crippen LogP contribution in [0, 0.1) is 0 Å². The number of hydrogen-bond donors (Lipinski definition) is 2. The molecule has 1 N–H and O–H groups in total. The molecule has 0 saturated heterocycles. The number of carboxylic acids is 1.